The van der Waals surface area contributed by atoms with E-state index >= 15 is 0 Å². The second-order valence-electron chi connectivity index (χ2n) is 3.15. The predicted octanol–water partition coefficient (Wildman–Crippen LogP) is -0.377. The van der Waals surface area contributed by atoms with Crippen LogP contribution in [-0.4, -0.2) is 37.4 Å². The molecule has 3 heteroatoms. The minimum atomic E-state index is 0.644. The Labute approximate surface area is 61.1 Å². The highest BCUT2D eigenvalue weighted by Gasteiger charge is 2.37. The van der Waals surface area contributed by atoms with Crippen molar-refractivity contribution in [1.82, 2.24) is 4.90 Å². The Kier molecular flexibility index (Phi) is 1.64. The van der Waals surface area contributed by atoms with Gasteiger partial charge in [-0.1, -0.05) is 0 Å². The molecule has 3 nitrogen and oxygen atoms in total. The summed E-state index contributed by atoms with van der Waals surface area (Å²) >= 11 is 0. The summed E-state index contributed by atoms with van der Waals surface area (Å²) in [5.41, 5.74) is 5.56. The third-order valence-electron chi connectivity index (χ3n) is 2.66. The zero-order valence-corrected chi connectivity index (χ0v) is 6.12. The second kappa shape index (κ2) is 2.49. The van der Waals surface area contributed by atoms with Crippen molar-refractivity contribution < 1.29 is 4.74 Å². The van der Waals surface area contributed by atoms with Gasteiger partial charge < -0.3 is 10.5 Å². The van der Waals surface area contributed by atoms with E-state index in [4.69, 9.17) is 10.5 Å². The highest BCUT2D eigenvalue weighted by molar-refractivity contribution is 4.89. The van der Waals surface area contributed by atoms with Crippen molar-refractivity contribution in [2.75, 3.05) is 26.4 Å². The van der Waals surface area contributed by atoms with E-state index in [1.165, 1.54) is 13.0 Å². The molecule has 0 bridgehead atoms. The molecule has 0 saturated carbocycles. The van der Waals surface area contributed by atoms with E-state index in [0.29, 0.717) is 12.7 Å². The molecule has 2 unspecified atom stereocenters. The first kappa shape index (κ1) is 6.58. The lowest BCUT2D eigenvalue weighted by Crippen LogP contribution is -2.37. The first-order valence-corrected chi connectivity index (χ1v) is 3.93. The Morgan fingerprint density at radius 3 is 3.20 bits per heavy atom. The van der Waals surface area contributed by atoms with Crippen molar-refractivity contribution in [2.24, 2.45) is 11.7 Å². The van der Waals surface area contributed by atoms with Crippen LogP contribution in [0.15, 0.2) is 0 Å². The van der Waals surface area contributed by atoms with Gasteiger partial charge in [0.15, 0.2) is 0 Å². The number of ether oxygens (including phenoxy) is 1. The van der Waals surface area contributed by atoms with Gasteiger partial charge in [-0.05, 0) is 6.42 Å². The molecule has 2 aliphatic rings. The molecular weight excluding hydrogens is 128 g/mol. The summed E-state index contributed by atoms with van der Waals surface area (Å²) in [7, 11) is 0. The van der Waals surface area contributed by atoms with Crippen LogP contribution in [0.4, 0.5) is 0 Å². The highest BCUT2D eigenvalue weighted by Crippen LogP contribution is 2.28. The lowest BCUT2D eigenvalue weighted by Gasteiger charge is -2.19. The molecule has 0 radical (unpaired) electrons. The Bertz CT molecular complexity index is 129. The summed E-state index contributed by atoms with van der Waals surface area (Å²) in [6.45, 7) is 3.74. The van der Waals surface area contributed by atoms with E-state index < -0.39 is 0 Å². The summed E-state index contributed by atoms with van der Waals surface area (Å²) in [5, 5.41) is 0. The van der Waals surface area contributed by atoms with Crippen molar-refractivity contribution in [3.05, 3.63) is 0 Å². The molecule has 2 N–H and O–H groups in total. The third-order valence-corrected chi connectivity index (χ3v) is 2.66. The molecular formula is C7H14N2O. The van der Waals surface area contributed by atoms with Crippen molar-refractivity contribution in [3.63, 3.8) is 0 Å². The highest BCUT2D eigenvalue weighted by atomic mass is 16.5. The van der Waals surface area contributed by atoms with Crippen molar-refractivity contribution >= 4 is 0 Å². The summed E-state index contributed by atoms with van der Waals surface area (Å²) < 4.78 is 5.35. The predicted molar refractivity (Wildman–Crippen MR) is 38.5 cm³/mol. The molecule has 0 amide bonds. The van der Waals surface area contributed by atoms with Gasteiger partial charge >= 0.3 is 0 Å². The van der Waals surface area contributed by atoms with Crippen LogP contribution in [0, 0.1) is 5.92 Å². The fourth-order valence-corrected chi connectivity index (χ4v) is 1.99. The molecule has 2 atom stereocenters. The fraction of sp³-hybridized carbons (Fsp3) is 1.00. The molecule has 0 aromatic heterocycles. The topological polar surface area (TPSA) is 38.5 Å². The molecule has 0 spiro atoms. The van der Waals surface area contributed by atoms with Crippen molar-refractivity contribution in [3.8, 4) is 0 Å². The second-order valence-corrected chi connectivity index (χ2v) is 3.15. The van der Waals surface area contributed by atoms with Crippen LogP contribution in [0.1, 0.15) is 6.42 Å². The zero-order valence-electron chi connectivity index (χ0n) is 6.12. The quantitative estimate of drug-likeness (QED) is 0.542. The van der Waals surface area contributed by atoms with Crippen LogP contribution < -0.4 is 5.73 Å². The van der Waals surface area contributed by atoms with Crippen molar-refractivity contribution in [1.29, 1.82) is 0 Å². The number of fused-ring (bicyclic) bond motifs is 1. The molecule has 2 aliphatic heterocycles. The van der Waals surface area contributed by atoms with Gasteiger partial charge in [0.1, 0.15) is 0 Å². The van der Waals surface area contributed by atoms with Crippen LogP contribution in [0.2, 0.25) is 0 Å². The van der Waals surface area contributed by atoms with E-state index in [2.05, 4.69) is 4.90 Å². The van der Waals surface area contributed by atoms with Gasteiger partial charge in [0.05, 0.1) is 13.2 Å². The summed E-state index contributed by atoms with van der Waals surface area (Å²) in [5.74, 6) is 0.781. The molecule has 0 aromatic rings. The lowest BCUT2D eigenvalue weighted by molar-refractivity contribution is 0.148. The summed E-state index contributed by atoms with van der Waals surface area (Å²) in [6.07, 6.45) is 1.28. The standard InChI is InChI=1S/C7H14N2O/c8-5-9-2-1-6-3-10-4-7(6)9/h6-7H,1-5,8H2. The number of hydrogen-bond acceptors (Lipinski definition) is 3. The number of nitrogens with two attached hydrogens (primary N) is 1. The maximum absolute atomic E-state index is 5.56. The summed E-state index contributed by atoms with van der Waals surface area (Å²) in [4.78, 5) is 2.32. The third kappa shape index (κ3) is 0.856. The minimum Gasteiger partial charge on any atom is -0.379 e. The average Bonchev–Trinajstić information content (AvgIpc) is 2.44. The number of hydrogen-bond donors (Lipinski definition) is 1. The van der Waals surface area contributed by atoms with Crippen LogP contribution in [0.25, 0.3) is 0 Å². The Morgan fingerprint density at radius 2 is 2.40 bits per heavy atom. The van der Waals surface area contributed by atoms with Crippen LogP contribution in [-0.2, 0) is 4.74 Å². The first-order chi connectivity index (χ1) is 4.92. The van der Waals surface area contributed by atoms with E-state index in [0.717, 1.165) is 19.1 Å². The number of likely N-dealkylation sites (tertiary alicyclic amines) is 1. The van der Waals surface area contributed by atoms with Crippen LogP contribution in [0.5, 0.6) is 0 Å². The Balaban J connectivity index is 2.01. The maximum Gasteiger partial charge on any atom is 0.0626 e. The monoisotopic (exact) mass is 142 g/mol. The molecule has 58 valence electrons. The van der Waals surface area contributed by atoms with E-state index in [1.807, 2.05) is 0 Å². The van der Waals surface area contributed by atoms with Gasteiger partial charge in [-0.3, -0.25) is 4.90 Å². The average molecular weight is 142 g/mol. The molecule has 2 rings (SSSR count). The SMILES string of the molecule is NCN1CCC2COCC21. The lowest BCUT2D eigenvalue weighted by atomic mass is 10.1. The first-order valence-electron chi connectivity index (χ1n) is 3.93. The Hall–Kier alpha value is -0.120. The molecule has 2 saturated heterocycles. The van der Waals surface area contributed by atoms with Gasteiger partial charge in [-0.25, -0.2) is 0 Å². The van der Waals surface area contributed by atoms with Crippen LogP contribution >= 0.6 is 0 Å². The zero-order chi connectivity index (χ0) is 6.97. The largest absolute Gasteiger partial charge is 0.379 e. The molecule has 10 heavy (non-hydrogen) atoms. The fourth-order valence-electron chi connectivity index (χ4n) is 1.99. The Morgan fingerprint density at radius 1 is 1.50 bits per heavy atom. The van der Waals surface area contributed by atoms with Gasteiger partial charge in [0, 0.05) is 25.2 Å². The molecule has 0 aromatic carbocycles. The number of rotatable bonds is 1. The molecule has 2 heterocycles. The van der Waals surface area contributed by atoms with E-state index in [-0.39, 0.29) is 0 Å². The van der Waals surface area contributed by atoms with Gasteiger partial charge in [-0.15, -0.1) is 0 Å². The maximum atomic E-state index is 5.56. The summed E-state index contributed by atoms with van der Waals surface area (Å²) in [6, 6.07) is 0.644. The van der Waals surface area contributed by atoms with E-state index in [1.54, 1.807) is 0 Å². The van der Waals surface area contributed by atoms with E-state index in [9.17, 15) is 0 Å². The smallest absolute Gasteiger partial charge is 0.0626 e. The molecule has 2 fully saturated rings. The molecule has 0 aliphatic carbocycles. The minimum absolute atomic E-state index is 0.644. The van der Waals surface area contributed by atoms with Crippen molar-refractivity contribution in [2.45, 2.75) is 12.5 Å². The van der Waals surface area contributed by atoms with Gasteiger partial charge in [0.2, 0.25) is 0 Å². The van der Waals surface area contributed by atoms with Gasteiger partial charge in [0.25, 0.3) is 0 Å². The van der Waals surface area contributed by atoms with Crippen LogP contribution in [0.3, 0.4) is 0 Å². The number of nitrogens with zero attached hydrogens (tertiary/aromatic N) is 1. The van der Waals surface area contributed by atoms with Gasteiger partial charge in [-0.2, -0.15) is 0 Å². The normalized spacial score (nSPS) is 40.5.